The number of fused-ring (bicyclic) bond motifs is 1. The minimum atomic E-state index is -0.220. The fourth-order valence-corrected chi connectivity index (χ4v) is 5.02. The Kier molecular flexibility index (Phi) is 6.74. The van der Waals surface area contributed by atoms with Crippen LogP contribution < -0.4 is 10.9 Å². The van der Waals surface area contributed by atoms with Gasteiger partial charge < -0.3 is 10.1 Å². The zero-order chi connectivity index (χ0) is 22.0. The van der Waals surface area contributed by atoms with Crippen molar-refractivity contribution in [2.45, 2.75) is 45.6 Å². The van der Waals surface area contributed by atoms with Crippen LogP contribution in [0.1, 0.15) is 43.7 Å². The van der Waals surface area contributed by atoms with E-state index in [0.29, 0.717) is 39.3 Å². The first kappa shape index (κ1) is 22.0. The highest BCUT2D eigenvalue weighted by molar-refractivity contribution is 8.26. The Hall–Kier alpha value is -2.23. The monoisotopic (exact) mass is 458 g/mol. The predicted molar refractivity (Wildman–Crippen MR) is 128 cm³/mol. The number of aromatic nitrogens is 2. The minimum Gasteiger partial charge on any atom is -0.376 e. The molecule has 2 aromatic rings. The molecule has 9 heteroatoms. The summed E-state index contributed by atoms with van der Waals surface area (Å²) in [7, 11) is 0. The van der Waals surface area contributed by atoms with Gasteiger partial charge in [-0.1, -0.05) is 43.4 Å². The summed E-state index contributed by atoms with van der Waals surface area (Å²) in [5.74, 6) is 0.316. The first-order valence-electron chi connectivity index (χ1n) is 10.6. The van der Waals surface area contributed by atoms with Gasteiger partial charge in [-0.25, -0.2) is 4.98 Å². The second kappa shape index (κ2) is 9.50. The number of nitrogens with one attached hydrogen (secondary N) is 1. The van der Waals surface area contributed by atoms with Crippen LogP contribution in [0.2, 0.25) is 0 Å². The Bertz CT molecular complexity index is 1110. The van der Waals surface area contributed by atoms with Crippen LogP contribution >= 0.6 is 24.0 Å². The number of pyridine rings is 1. The summed E-state index contributed by atoms with van der Waals surface area (Å²) in [6, 6.07) is 3.74. The van der Waals surface area contributed by atoms with Gasteiger partial charge in [0.25, 0.3) is 11.5 Å². The number of thiocarbonyl (C=S) groups is 1. The van der Waals surface area contributed by atoms with Crippen molar-refractivity contribution in [2.24, 2.45) is 0 Å². The molecule has 2 aliphatic rings. The van der Waals surface area contributed by atoms with Gasteiger partial charge in [-0.3, -0.25) is 18.9 Å². The first-order chi connectivity index (χ1) is 15.0. The van der Waals surface area contributed by atoms with Gasteiger partial charge in [-0.15, -0.1) is 0 Å². The first-order valence-corrected chi connectivity index (χ1v) is 11.8. The Labute approximate surface area is 190 Å². The zero-order valence-electron chi connectivity index (χ0n) is 17.7. The summed E-state index contributed by atoms with van der Waals surface area (Å²) in [6.07, 6.45) is 7.29. The van der Waals surface area contributed by atoms with Crippen molar-refractivity contribution in [3.8, 4) is 0 Å². The molecule has 0 saturated carbocycles. The lowest BCUT2D eigenvalue weighted by Gasteiger charge is -2.15. The molecule has 7 nitrogen and oxygen atoms in total. The van der Waals surface area contributed by atoms with Crippen LogP contribution in [0.4, 0.5) is 5.82 Å². The Morgan fingerprint density at radius 1 is 1.42 bits per heavy atom. The van der Waals surface area contributed by atoms with Crippen LogP contribution in [0.5, 0.6) is 0 Å². The molecule has 4 rings (SSSR count). The molecule has 2 saturated heterocycles. The van der Waals surface area contributed by atoms with Crippen molar-refractivity contribution in [2.75, 3.05) is 25.0 Å². The lowest BCUT2D eigenvalue weighted by molar-refractivity contribution is -0.122. The van der Waals surface area contributed by atoms with Crippen molar-refractivity contribution >= 4 is 51.7 Å². The van der Waals surface area contributed by atoms with Gasteiger partial charge in [0.1, 0.15) is 15.8 Å². The molecule has 2 aromatic heterocycles. The molecule has 0 aromatic carbocycles. The van der Waals surface area contributed by atoms with Crippen molar-refractivity contribution in [3.63, 3.8) is 0 Å². The lowest BCUT2D eigenvalue weighted by atomic mass is 10.2. The summed E-state index contributed by atoms with van der Waals surface area (Å²) >= 11 is 6.64. The Balaban J connectivity index is 1.74. The number of ether oxygens (including phenoxy) is 1. The highest BCUT2D eigenvalue weighted by atomic mass is 32.2. The summed E-state index contributed by atoms with van der Waals surface area (Å²) < 4.78 is 7.76. The molecule has 1 atom stereocenters. The van der Waals surface area contributed by atoms with Crippen LogP contribution in [0.3, 0.4) is 0 Å². The van der Waals surface area contributed by atoms with E-state index in [2.05, 4.69) is 12.2 Å². The molecule has 1 unspecified atom stereocenters. The lowest BCUT2D eigenvalue weighted by Crippen LogP contribution is -2.29. The summed E-state index contributed by atoms with van der Waals surface area (Å²) in [5.41, 5.74) is 1.63. The topological polar surface area (TPSA) is 75.9 Å². The molecule has 0 bridgehead atoms. The van der Waals surface area contributed by atoms with E-state index in [9.17, 15) is 9.59 Å². The largest absolute Gasteiger partial charge is 0.376 e. The maximum atomic E-state index is 13.4. The standard InChI is InChI=1S/C22H26N4O3S2/c1-3-4-9-26-21(28)17(31-22(26)30)12-16-18(23-13-15-8-6-11-29-15)24-19-14(2)7-5-10-25(19)20(16)27/h5,7,10,12,15,23H,3-4,6,8-9,11,13H2,1-2H3. The van der Waals surface area contributed by atoms with Gasteiger partial charge in [0.05, 0.1) is 16.6 Å². The summed E-state index contributed by atoms with van der Waals surface area (Å²) in [5, 5.41) is 3.30. The molecule has 1 amide bonds. The predicted octanol–water partition coefficient (Wildman–Crippen LogP) is 3.60. The van der Waals surface area contributed by atoms with Crippen LogP contribution in [0.25, 0.3) is 11.7 Å². The SMILES string of the molecule is CCCCN1C(=O)C(=Cc2c(NCC3CCCO3)nc3c(C)cccn3c2=O)SC1=S. The highest BCUT2D eigenvalue weighted by Gasteiger charge is 2.32. The van der Waals surface area contributed by atoms with Gasteiger partial charge >= 0.3 is 0 Å². The smallest absolute Gasteiger partial charge is 0.267 e. The molecule has 0 aliphatic carbocycles. The van der Waals surface area contributed by atoms with E-state index in [-0.39, 0.29) is 17.6 Å². The summed E-state index contributed by atoms with van der Waals surface area (Å²) in [4.78, 5) is 33.1. The maximum Gasteiger partial charge on any atom is 0.267 e. The van der Waals surface area contributed by atoms with Gasteiger partial charge in [-0.2, -0.15) is 0 Å². The third kappa shape index (κ3) is 4.53. The Morgan fingerprint density at radius 2 is 2.26 bits per heavy atom. The second-order valence-electron chi connectivity index (χ2n) is 7.77. The van der Waals surface area contributed by atoms with E-state index in [0.717, 1.165) is 37.9 Å². The van der Waals surface area contributed by atoms with Gasteiger partial charge in [0, 0.05) is 25.9 Å². The zero-order valence-corrected chi connectivity index (χ0v) is 19.4. The molecule has 1 N–H and O–H groups in total. The minimum absolute atomic E-state index is 0.0947. The molecule has 164 valence electrons. The molecular weight excluding hydrogens is 432 g/mol. The number of unbranched alkanes of at least 4 members (excludes halogenated alkanes) is 1. The molecule has 31 heavy (non-hydrogen) atoms. The maximum absolute atomic E-state index is 13.4. The number of amides is 1. The van der Waals surface area contributed by atoms with E-state index in [4.69, 9.17) is 21.9 Å². The number of hydrogen-bond acceptors (Lipinski definition) is 7. The molecule has 2 fully saturated rings. The van der Waals surface area contributed by atoms with E-state index in [1.807, 2.05) is 19.1 Å². The third-order valence-electron chi connectivity index (χ3n) is 5.49. The summed E-state index contributed by atoms with van der Waals surface area (Å²) in [6.45, 7) is 5.91. The number of nitrogens with zero attached hydrogens (tertiary/aromatic N) is 3. The van der Waals surface area contributed by atoms with Crippen molar-refractivity contribution < 1.29 is 9.53 Å². The normalized spacial score (nSPS) is 20.4. The average molecular weight is 459 g/mol. The van der Waals surface area contributed by atoms with Gasteiger partial charge in [0.2, 0.25) is 0 Å². The number of hydrogen-bond donors (Lipinski definition) is 1. The fraction of sp³-hybridized carbons (Fsp3) is 0.455. The third-order valence-corrected chi connectivity index (χ3v) is 6.87. The highest BCUT2D eigenvalue weighted by Crippen LogP contribution is 2.33. The van der Waals surface area contributed by atoms with E-state index in [1.165, 1.54) is 16.2 Å². The molecule has 4 heterocycles. The van der Waals surface area contributed by atoms with Gasteiger partial charge in [-0.05, 0) is 43.9 Å². The average Bonchev–Trinajstić information content (AvgIpc) is 3.36. The molecule has 0 radical (unpaired) electrons. The van der Waals surface area contributed by atoms with Crippen molar-refractivity contribution in [3.05, 3.63) is 44.7 Å². The van der Waals surface area contributed by atoms with Crippen LogP contribution in [-0.2, 0) is 9.53 Å². The number of anilines is 1. The number of thioether (sulfide) groups is 1. The molecule has 0 spiro atoms. The van der Waals surface area contributed by atoms with E-state index < -0.39 is 0 Å². The van der Waals surface area contributed by atoms with Crippen molar-refractivity contribution in [1.82, 2.24) is 14.3 Å². The fourth-order valence-electron chi connectivity index (χ4n) is 3.73. The van der Waals surface area contributed by atoms with E-state index >= 15 is 0 Å². The number of rotatable bonds is 7. The van der Waals surface area contributed by atoms with Crippen LogP contribution in [-0.4, -0.2) is 50.3 Å². The van der Waals surface area contributed by atoms with Gasteiger partial charge in [0.15, 0.2) is 0 Å². The number of carbonyl (C=O) groups is 1. The second-order valence-corrected chi connectivity index (χ2v) is 9.44. The number of carbonyl (C=O) groups excluding carboxylic acids is 1. The Morgan fingerprint density at radius 3 is 3.00 bits per heavy atom. The molecule has 2 aliphatic heterocycles. The van der Waals surface area contributed by atoms with Crippen molar-refractivity contribution in [1.29, 1.82) is 0 Å². The quantitative estimate of drug-likeness (QED) is 0.502. The molecular formula is C22H26N4O3S2. The van der Waals surface area contributed by atoms with E-state index in [1.54, 1.807) is 17.2 Å². The van der Waals surface area contributed by atoms with Crippen LogP contribution in [0.15, 0.2) is 28.0 Å². The number of aryl methyl sites for hydroxylation is 1. The van der Waals surface area contributed by atoms with Crippen LogP contribution in [0, 0.1) is 6.92 Å².